The first-order valence-corrected chi connectivity index (χ1v) is 3.81. The summed E-state index contributed by atoms with van der Waals surface area (Å²) in [5.41, 5.74) is 0. The monoisotopic (exact) mass is 136 g/mol. The molecule has 0 aromatic rings. The Labute approximate surface area is 61.2 Å². The summed E-state index contributed by atoms with van der Waals surface area (Å²) in [6, 6.07) is 0.657. The maximum Gasteiger partial charge on any atom is 0.0583 e. The predicted molar refractivity (Wildman–Crippen MR) is 41.9 cm³/mol. The summed E-state index contributed by atoms with van der Waals surface area (Å²) in [6.45, 7) is 0. The van der Waals surface area contributed by atoms with Gasteiger partial charge in [0.25, 0.3) is 0 Å². The van der Waals surface area contributed by atoms with Crippen LogP contribution in [0.5, 0.6) is 0 Å². The Hall–Kier alpha value is -0.790. The van der Waals surface area contributed by atoms with Crippen molar-refractivity contribution in [2.24, 2.45) is 11.0 Å². The van der Waals surface area contributed by atoms with E-state index in [1.54, 1.807) is 0 Å². The molecule has 1 aliphatic heterocycles. The summed E-state index contributed by atoms with van der Waals surface area (Å²) >= 11 is 0. The number of rotatable bonds is 0. The van der Waals surface area contributed by atoms with Crippen LogP contribution in [0.1, 0.15) is 12.8 Å². The van der Waals surface area contributed by atoms with Crippen molar-refractivity contribution in [3.63, 3.8) is 0 Å². The summed E-state index contributed by atoms with van der Waals surface area (Å²) in [6.07, 6.45) is 9.04. The second-order valence-electron chi connectivity index (χ2n) is 2.99. The Kier molecular flexibility index (Phi) is 1.26. The molecule has 0 N–H and O–H groups in total. The van der Waals surface area contributed by atoms with Gasteiger partial charge in [-0.15, -0.1) is 0 Å². The van der Waals surface area contributed by atoms with Crippen LogP contribution in [0, 0.1) is 5.92 Å². The topological polar surface area (TPSA) is 15.6 Å². The Morgan fingerprint density at radius 2 is 2.50 bits per heavy atom. The third kappa shape index (κ3) is 0.753. The molecule has 54 valence electrons. The van der Waals surface area contributed by atoms with Gasteiger partial charge in [0, 0.05) is 19.2 Å². The van der Waals surface area contributed by atoms with Crippen molar-refractivity contribution >= 4 is 6.21 Å². The lowest BCUT2D eigenvalue weighted by molar-refractivity contribution is 0.245. The van der Waals surface area contributed by atoms with E-state index in [4.69, 9.17) is 0 Å². The summed E-state index contributed by atoms with van der Waals surface area (Å²) in [5, 5.41) is 6.32. The van der Waals surface area contributed by atoms with Gasteiger partial charge in [-0.05, 0) is 12.8 Å². The fourth-order valence-corrected chi connectivity index (χ4v) is 1.69. The highest BCUT2D eigenvalue weighted by molar-refractivity contribution is 5.66. The molecule has 2 nitrogen and oxygen atoms in total. The molecule has 0 radical (unpaired) electrons. The SMILES string of the molecule is CN1N=C[C@H]2C=CCC[C@@H]21. The van der Waals surface area contributed by atoms with Gasteiger partial charge in [-0.3, -0.25) is 5.01 Å². The minimum absolute atomic E-state index is 0.596. The molecule has 1 heterocycles. The first kappa shape index (κ1) is 5.96. The molecule has 2 heteroatoms. The van der Waals surface area contributed by atoms with Crippen molar-refractivity contribution in [1.29, 1.82) is 0 Å². The molecule has 10 heavy (non-hydrogen) atoms. The normalized spacial score (nSPS) is 36.7. The van der Waals surface area contributed by atoms with E-state index in [0.29, 0.717) is 12.0 Å². The number of hydrogen-bond donors (Lipinski definition) is 0. The standard InChI is InChI=1S/C8H12N2/c1-10-8-5-3-2-4-7(8)6-9-10/h2,4,6-8H,3,5H2,1H3/t7-,8+/m1/s1. The van der Waals surface area contributed by atoms with Crippen molar-refractivity contribution in [1.82, 2.24) is 5.01 Å². The minimum Gasteiger partial charge on any atom is -0.296 e. The average Bonchev–Trinajstić information content (AvgIpc) is 2.34. The lowest BCUT2D eigenvalue weighted by Gasteiger charge is -2.24. The van der Waals surface area contributed by atoms with E-state index in [1.165, 1.54) is 12.8 Å². The lowest BCUT2D eigenvalue weighted by atomic mass is 9.92. The fourth-order valence-electron chi connectivity index (χ4n) is 1.69. The zero-order chi connectivity index (χ0) is 6.97. The van der Waals surface area contributed by atoms with E-state index in [2.05, 4.69) is 29.3 Å². The van der Waals surface area contributed by atoms with Gasteiger partial charge in [-0.2, -0.15) is 5.10 Å². The van der Waals surface area contributed by atoms with Gasteiger partial charge < -0.3 is 0 Å². The second kappa shape index (κ2) is 2.11. The third-order valence-corrected chi connectivity index (χ3v) is 2.33. The first-order valence-electron chi connectivity index (χ1n) is 3.81. The van der Waals surface area contributed by atoms with Crippen LogP contribution < -0.4 is 0 Å². The molecule has 0 aromatic carbocycles. The number of allylic oxidation sites excluding steroid dienone is 1. The maximum absolute atomic E-state index is 4.24. The van der Waals surface area contributed by atoms with Crippen LogP contribution in [-0.2, 0) is 0 Å². The van der Waals surface area contributed by atoms with Crippen LogP contribution in [0.25, 0.3) is 0 Å². The first-order chi connectivity index (χ1) is 4.88. The largest absolute Gasteiger partial charge is 0.296 e. The Balaban J connectivity index is 2.18. The molecule has 0 spiro atoms. The maximum atomic E-state index is 4.24. The van der Waals surface area contributed by atoms with Gasteiger partial charge >= 0.3 is 0 Å². The molecule has 0 amide bonds. The zero-order valence-electron chi connectivity index (χ0n) is 6.20. The highest BCUT2D eigenvalue weighted by atomic mass is 15.5. The van der Waals surface area contributed by atoms with E-state index >= 15 is 0 Å². The summed E-state index contributed by atoms with van der Waals surface area (Å²) in [7, 11) is 2.06. The van der Waals surface area contributed by atoms with Crippen LogP contribution in [0.4, 0.5) is 0 Å². The molecule has 0 saturated heterocycles. The molecule has 1 aliphatic carbocycles. The molecule has 2 aliphatic rings. The smallest absolute Gasteiger partial charge is 0.0583 e. The van der Waals surface area contributed by atoms with Gasteiger partial charge in [-0.1, -0.05) is 12.2 Å². The fraction of sp³-hybridized carbons (Fsp3) is 0.625. The predicted octanol–water partition coefficient (Wildman–Crippen LogP) is 1.25. The molecule has 2 rings (SSSR count). The summed E-state index contributed by atoms with van der Waals surface area (Å²) in [4.78, 5) is 0. The lowest BCUT2D eigenvalue weighted by Crippen LogP contribution is -2.29. The number of hydrazone groups is 1. The molecule has 0 unspecified atom stereocenters. The number of fused-ring (bicyclic) bond motifs is 1. The van der Waals surface area contributed by atoms with E-state index in [1.807, 2.05) is 6.21 Å². The van der Waals surface area contributed by atoms with Gasteiger partial charge in [0.05, 0.1) is 6.04 Å². The van der Waals surface area contributed by atoms with E-state index in [0.717, 1.165) is 0 Å². The van der Waals surface area contributed by atoms with Crippen LogP contribution in [0.3, 0.4) is 0 Å². The molecule has 0 saturated carbocycles. The molecule has 0 bridgehead atoms. The van der Waals surface area contributed by atoms with Crippen LogP contribution >= 0.6 is 0 Å². The van der Waals surface area contributed by atoms with Crippen LogP contribution in [0.15, 0.2) is 17.3 Å². The zero-order valence-corrected chi connectivity index (χ0v) is 6.20. The van der Waals surface area contributed by atoms with Crippen LogP contribution in [0.2, 0.25) is 0 Å². The number of nitrogens with zero attached hydrogens (tertiary/aromatic N) is 2. The third-order valence-electron chi connectivity index (χ3n) is 2.33. The van der Waals surface area contributed by atoms with Gasteiger partial charge in [-0.25, -0.2) is 0 Å². The van der Waals surface area contributed by atoms with Crippen molar-refractivity contribution < 1.29 is 0 Å². The van der Waals surface area contributed by atoms with Gasteiger partial charge in [0.2, 0.25) is 0 Å². The Morgan fingerprint density at radius 3 is 3.30 bits per heavy atom. The molecule has 0 fully saturated rings. The van der Waals surface area contributed by atoms with Gasteiger partial charge in [0.15, 0.2) is 0 Å². The van der Waals surface area contributed by atoms with Gasteiger partial charge in [0.1, 0.15) is 0 Å². The molecular weight excluding hydrogens is 124 g/mol. The minimum atomic E-state index is 0.596. The molecular formula is C8H12N2. The molecule has 0 aromatic heterocycles. The molecule has 2 atom stereocenters. The van der Waals surface area contributed by atoms with E-state index in [-0.39, 0.29) is 0 Å². The van der Waals surface area contributed by atoms with Crippen molar-refractivity contribution in [3.05, 3.63) is 12.2 Å². The Bertz CT molecular complexity index is 184. The summed E-state index contributed by atoms with van der Waals surface area (Å²) < 4.78 is 0. The van der Waals surface area contributed by atoms with E-state index < -0.39 is 0 Å². The highest BCUT2D eigenvalue weighted by Crippen LogP contribution is 2.25. The van der Waals surface area contributed by atoms with Crippen molar-refractivity contribution in [3.8, 4) is 0 Å². The van der Waals surface area contributed by atoms with Crippen LogP contribution in [-0.4, -0.2) is 24.3 Å². The second-order valence-corrected chi connectivity index (χ2v) is 2.99. The number of hydrogen-bond acceptors (Lipinski definition) is 2. The highest BCUT2D eigenvalue weighted by Gasteiger charge is 2.27. The van der Waals surface area contributed by atoms with Crippen molar-refractivity contribution in [2.45, 2.75) is 18.9 Å². The quantitative estimate of drug-likeness (QED) is 0.458. The van der Waals surface area contributed by atoms with E-state index in [9.17, 15) is 0 Å². The Morgan fingerprint density at radius 1 is 1.60 bits per heavy atom. The average molecular weight is 136 g/mol. The van der Waals surface area contributed by atoms with Crippen molar-refractivity contribution in [2.75, 3.05) is 7.05 Å². The summed E-state index contributed by atoms with van der Waals surface area (Å²) in [5.74, 6) is 0.596.